The molecule has 0 spiro atoms. The number of nitrogens with one attached hydrogen (secondary N) is 1. The zero-order valence-electron chi connectivity index (χ0n) is 9.95. The summed E-state index contributed by atoms with van der Waals surface area (Å²) in [5.74, 6) is 0. The summed E-state index contributed by atoms with van der Waals surface area (Å²) in [5.41, 5.74) is 2.42. The molecule has 0 radical (unpaired) electrons. The first kappa shape index (κ1) is 12.1. The number of nitrogens with zero attached hydrogens (tertiary/aromatic N) is 2. The van der Waals surface area contributed by atoms with Gasteiger partial charge in [0.2, 0.25) is 0 Å². The van der Waals surface area contributed by atoms with Gasteiger partial charge in [0.1, 0.15) is 0 Å². The summed E-state index contributed by atoms with van der Waals surface area (Å²) < 4.78 is 0. The van der Waals surface area contributed by atoms with E-state index in [1.807, 2.05) is 12.3 Å². The summed E-state index contributed by atoms with van der Waals surface area (Å²) in [6.45, 7) is 5.18. The van der Waals surface area contributed by atoms with Crippen LogP contribution < -0.4 is 5.32 Å². The maximum atomic E-state index is 4.26. The van der Waals surface area contributed by atoms with Crippen molar-refractivity contribution in [2.75, 3.05) is 27.2 Å². The fourth-order valence-corrected chi connectivity index (χ4v) is 1.45. The Balaban J connectivity index is 2.18. The van der Waals surface area contributed by atoms with Gasteiger partial charge in [0.05, 0.1) is 0 Å². The minimum Gasteiger partial charge on any atom is -0.313 e. The van der Waals surface area contributed by atoms with Gasteiger partial charge in [0.25, 0.3) is 0 Å². The van der Waals surface area contributed by atoms with E-state index in [4.69, 9.17) is 0 Å². The molecule has 0 atom stereocenters. The Kier molecular flexibility index (Phi) is 5.29. The summed E-state index contributed by atoms with van der Waals surface area (Å²) in [5, 5.41) is 3.43. The second-order valence-corrected chi connectivity index (χ2v) is 4.08. The molecule has 1 heterocycles. The Bertz CT molecular complexity index is 284. The molecule has 1 rings (SSSR count). The number of hydrogen-bond donors (Lipinski definition) is 1. The van der Waals surface area contributed by atoms with E-state index >= 15 is 0 Å². The molecular formula is C12H21N3. The summed E-state index contributed by atoms with van der Waals surface area (Å²) in [6, 6.07) is 4.12. The molecule has 0 amide bonds. The van der Waals surface area contributed by atoms with E-state index in [-0.39, 0.29) is 0 Å². The molecule has 0 aliphatic carbocycles. The van der Waals surface area contributed by atoms with E-state index in [0.29, 0.717) is 0 Å². The molecule has 3 nitrogen and oxygen atoms in total. The third kappa shape index (κ3) is 4.91. The standard InChI is InChI=1S/C12H21N3/c1-11-12(6-4-8-14-11)10-13-7-5-9-15(2)3/h4,6,8,13H,5,7,9-10H2,1-3H3. The van der Waals surface area contributed by atoms with Gasteiger partial charge in [-0.3, -0.25) is 4.98 Å². The number of hydrogen-bond acceptors (Lipinski definition) is 3. The van der Waals surface area contributed by atoms with Crippen molar-refractivity contribution in [3.05, 3.63) is 29.6 Å². The van der Waals surface area contributed by atoms with Crippen molar-refractivity contribution >= 4 is 0 Å². The van der Waals surface area contributed by atoms with Crippen LogP contribution in [0.25, 0.3) is 0 Å². The highest BCUT2D eigenvalue weighted by atomic mass is 15.1. The molecule has 3 heteroatoms. The average Bonchev–Trinajstić information content (AvgIpc) is 2.20. The van der Waals surface area contributed by atoms with Gasteiger partial charge < -0.3 is 10.2 Å². The molecule has 0 aromatic carbocycles. The first-order chi connectivity index (χ1) is 7.20. The van der Waals surface area contributed by atoms with Crippen molar-refractivity contribution in [2.45, 2.75) is 19.9 Å². The van der Waals surface area contributed by atoms with Crippen LogP contribution in [0.2, 0.25) is 0 Å². The second kappa shape index (κ2) is 6.53. The molecule has 0 aliphatic rings. The van der Waals surface area contributed by atoms with Gasteiger partial charge in [-0.05, 0) is 52.2 Å². The molecule has 1 N–H and O–H groups in total. The second-order valence-electron chi connectivity index (χ2n) is 4.08. The molecule has 84 valence electrons. The van der Waals surface area contributed by atoms with Crippen LogP contribution in [0.5, 0.6) is 0 Å². The zero-order valence-corrected chi connectivity index (χ0v) is 9.95. The minimum atomic E-state index is 0.924. The Labute approximate surface area is 92.5 Å². The van der Waals surface area contributed by atoms with Gasteiger partial charge in [-0.1, -0.05) is 6.07 Å². The monoisotopic (exact) mass is 207 g/mol. The molecule has 0 bridgehead atoms. The molecular weight excluding hydrogens is 186 g/mol. The molecule has 15 heavy (non-hydrogen) atoms. The molecule has 0 aliphatic heterocycles. The highest BCUT2D eigenvalue weighted by Crippen LogP contribution is 2.02. The van der Waals surface area contributed by atoms with E-state index in [9.17, 15) is 0 Å². The minimum absolute atomic E-state index is 0.924. The first-order valence-corrected chi connectivity index (χ1v) is 5.46. The SMILES string of the molecule is Cc1ncccc1CNCCCN(C)C. The van der Waals surface area contributed by atoms with Gasteiger partial charge in [0.15, 0.2) is 0 Å². The van der Waals surface area contributed by atoms with Crippen LogP contribution in [0, 0.1) is 6.92 Å². The maximum absolute atomic E-state index is 4.26. The number of rotatable bonds is 6. The lowest BCUT2D eigenvalue weighted by atomic mass is 10.2. The van der Waals surface area contributed by atoms with Gasteiger partial charge in [-0.25, -0.2) is 0 Å². The van der Waals surface area contributed by atoms with E-state index < -0.39 is 0 Å². The van der Waals surface area contributed by atoms with Crippen LogP contribution in [0.15, 0.2) is 18.3 Å². The van der Waals surface area contributed by atoms with Crippen molar-refractivity contribution in [2.24, 2.45) is 0 Å². The van der Waals surface area contributed by atoms with E-state index in [0.717, 1.165) is 25.3 Å². The topological polar surface area (TPSA) is 28.2 Å². The van der Waals surface area contributed by atoms with E-state index in [1.54, 1.807) is 0 Å². The third-order valence-corrected chi connectivity index (χ3v) is 2.39. The predicted octanol–water partition coefficient (Wildman–Crippen LogP) is 1.43. The largest absolute Gasteiger partial charge is 0.313 e. The molecule has 0 fully saturated rings. The number of pyridine rings is 1. The van der Waals surface area contributed by atoms with Crippen molar-refractivity contribution < 1.29 is 0 Å². The van der Waals surface area contributed by atoms with Gasteiger partial charge in [0, 0.05) is 18.4 Å². The predicted molar refractivity (Wildman–Crippen MR) is 63.9 cm³/mol. The lowest BCUT2D eigenvalue weighted by Gasteiger charge is -2.10. The Hall–Kier alpha value is -0.930. The van der Waals surface area contributed by atoms with Crippen LogP contribution in [-0.2, 0) is 6.54 Å². The van der Waals surface area contributed by atoms with Crippen molar-refractivity contribution in [1.82, 2.24) is 15.2 Å². The van der Waals surface area contributed by atoms with Crippen LogP contribution in [0.3, 0.4) is 0 Å². The number of aryl methyl sites for hydroxylation is 1. The summed E-state index contributed by atoms with van der Waals surface area (Å²) in [6.07, 6.45) is 3.02. The summed E-state index contributed by atoms with van der Waals surface area (Å²) in [7, 11) is 4.20. The lowest BCUT2D eigenvalue weighted by molar-refractivity contribution is 0.394. The maximum Gasteiger partial charge on any atom is 0.0417 e. The van der Waals surface area contributed by atoms with Crippen molar-refractivity contribution in [3.8, 4) is 0 Å². The fraction of sp³-hybridized carbons (Fsp3) is 0.583. The fourth-order valence-electron chi connectivity index (χ4n) is 1.45. The Morgan fingerprint density at radius 3 is 2.87 bits per heavy atom. The van der Waals surface area contributed by atoms with Crippen LogP contribution in [-0.4, -0.2) is 37.1 Å². The van der Waals surface area contributed by atoms with E-state index in [1.165, 1.54) is 12.0 Å². The van der Waals surface area contributed by atoms with E-state index in [2.05, 4.69) is 42.3 Å². The lowest BCUT2D eigenvalue weighted by Crippen LogP contribution is -2.21. The smallest absolute Gasteiger partial charge is 0.0417 e. The molecule has 0 saturated heterocycles. The first-order valence-electron chi connectivity index (χ1n) is 5.46. The van der Waals surface area contributed by atoms with Crippen LogP contribution in [0.1, 0.15) is 17.7 Å². The highest BCUT2D eigenvalue weighted by Gasteiger charge is 1.97. The van der Waals surface area contributed by atoms with Crippen LogP contribution >= 0.6 is 0 Å². The Morgan fingerprint density at radius 1 is 1.40 bits per heavy atom. The van der Waals surface area contributed by atoms with Gasteiger partial charge in [-0.2, -0.15) is 0 Å². The molecule has 0 saturated carbocycles. The van der Waals surface area contributed by atoms with Gasteiger partial charge in [-0.15, -0.1) is 0 Å². The van der Waals surface area contributed by atoms with Crippen LogP contribution in [0.4, 0.5) is 0 Å². The van der Waals surface area contributed by atoms with Crippen molar-refractivity contribution in [3.63, 3.8) is 0 Å². The molecule has 1 aromatic rings. The normalized spacial score (nSPS) is 10.9. The highest BCUT2D eigenvalue weighted by molar-refractivity contribution is 5.17. The zero-order chi connectivity index (χ0) is 11.1. The summed E-state index contributed by atoms with van der Waals surface area (Å²) in [4.78, 5) is 6.46. The quantitative estimate of drug-likeness (QED) is 0.715. The number of aromatic nitrogens is 1. The van der Waals surface area contributed by atoms with Crippen molar-refractivity contribution in [1.29, 1.82) is 0 Å². The summed E-state index contributed by atoms with van der Waals surface area (Å²) >= 11 is 0. The Morgan fingerprint density at radius 2 is 2.20 bits per heavy atom. The van der Waals surface area contributed by atoms with Gasteiger partial charge >= 0.3 is 0 Å². The average molecular weight is 207 g/mol. The molecule has 1 aromatic heterocycles. The third-order valence-electron chi connectivity index (χ3n) is 2.39. The molecule has 0 unspecified atom stereocenters.